The van der Waals surface area contributed by atoms with Crippen LogP contribution in [0.4, 0.5) is 0 Å². The van der Waals surface area contributed by atoms with Gasteiger partial charge < -0.3 is 10.1 Å². The number of para-hydroxylation sites is 1. The molecule has 3 rings (SSSR count). The van der Waals surface area contributed by atoms with Crippen LogP contribution in [0.5, 0.6) is 0 Å². The van der Waals surface area contributed by atoms with Crippen molar-refractivity contribution in [1.82, 2.24) is 9.88 Å². The smallest absolute Gasteiger partial charge is 0.325 e. The number of benzene rings is 1. The van der Waals surface area contributed by atoms with Crippen LogP contribution in [-0.2, 0) is 4.79 Å². The first-order chi connectivity index (χ1) is 9.27. The molecule has 1 fully saturated rings. The van der Waals surface area contributed by atoms with Gasteiger partial charge in [0.2, 0.25) is 0 Å². The Labute approximate surface area is 115 Å². The summed E-state index contributed by atoms with van der Waals surface area (Å²) in [6, 6.07) is 7.32. The average Bonchev–Trinajstić information content (AvgIpc) is 2.84. The van der Waals surface area contributed by atoms with E-state index >= 15 is 0 Å². The molecule has 1 aliphatic heterocycles. The van der Waals surface area contributed by atoms with Gasteiger partial charge in [-0.2, -0.15) is 11.8 Å². The van der Waals surface area contributed by atoms with Gasteiger partial charge in [-0.05, 0) is 6.07 Å². The van der Waals surface area contributed by atoms with E-state index in [0.717, 1.165) is 41.1 Å². The first-order valence-corrected chi connectivity index (χ1v) is 7.53. The normalized spacial score (nSPS) is 18.5. The number of nitrogens with zero attached hydrogens (tertiary/aromatic N) is 1. The van der Waals surface area contributed by atoms with Crippen LogP contribution >= 0.6 is 11.8 Å². The zero-order chi connectivity index (χ0) is 13.2. The summed E-state index contributed by atoms with van der Waals surface area (Å²) in [6.07, 6.45) is 1.84. The summed E-state index contributed by atoms with van der Waals surface area (Å²) in [6.45, 7) is 1.67. The highest BCUT2D eigenvalue weighted by atomic mass is 32.2. The van der Waals surface area contributed by atoms with Gasteiger partial charge in [0.1, 0.15) is 6.04 Å². The van der Waals surface area contributed by atoms with Gasteiger partial charge in [-0.3, -0.25) is 9.69 Å². The van der Waals surface area contributed by atoms with E-state index < -0.39 is 12.0 Å². The molecule has 1 saturated heterocycles. The lowest BCUT2D eigenvalue weighted by molar-refractivity contribution is -0.143. The Morgan fingerprint density at radius 1 is 1.32 bits per heavy atom. The average molecular weight is 276 g/mol. The molecule has 4 nitrogen and oxygen atoms in total. The molecule has 0 bridgehead atoms. The minimum Gasteiger partial charge on any atom is -0.480 e. The molecule has 2 aromatic rings. The minimum absolute atomic E-state index is 0.544. The lowest BCUT2D eigenvalue weighted by Crippen LogP contribution is -2.39. The number of hydrogen-bond acceptors (Lipinski definition) is 3. The molecular weight excluding hydrogens is 260 g/mol. The first kappa shape index (κ1) is 12.6. The van der Waals surface area contributed by atoms with Crippen molar-refractivity contribution in [2.45, 2.75) is 6.04 Å². The zero-order valence-corrected chi connectivity index (χ0v) is 11.3. The van der Waals surface area contributed by atoms with Gasteiger partial charge in [0.15, 0.2) is 0 Å². The predicted molar refractivity (Wildman–Crippen MR) is 77.6 cm³/mol. The lowest BCUT2D eigenvalue weighted by Gasteiger charge is -2.31. The molecule has 0 unspecified atom stereocenters. The number of thioether (sulfide) groups is 1. The maximum Gasteiger partial charge on any atom is 0.325 e. The highest BCUT2D eigenvalue weighted by molar-refractivity contribution is 7.99. The summed E-state index contributed by atoms with van der Waals surface area (Å²) in [5, 5.41) is 10.6. The Morgan fingerprint density at radius 3 is 2.79 bits per heavy atom. The number of carbonyl (C=O) groups is 1. The van der Waals surface area contributed by atoms with E-state index in [9.17, 15) is 9.90 Å². The van der Waals surface area contributed by atoms with Gasteiger partial charge in [-0.1, -0.05) is 18.2 Å². The molecule has 5 heteroatoms. The zero-order valence-electron chi connectivity index (χ0n) is 10.5. The van der Waals surface area contributed by atoms with Crippen molar-refractivity contribution in [3.8, 4) is 0 Å². The van der Waals surface area contributed by atoms with Crippen LogP contribution in [0.1, 0.15) is 11.6 Å². The summed E-state index contributed by atoms with van der Waals surface area (Å²) < 4.78 is 0. The highest BCUT2D eigenvalue weighted by Gasteiger charge is 2.30. The van der Waals surface area contributed by atoms with E-state index in [1.807, 2.05) is 42.2 Å². The Bertz CT molecular complexity index is 590. The molecule has 0 spiro atoms. The van der Waals surface area contributed by atoms with Crippen LogP contribution in [0.15, 0.2) is 30.5 Å². The molecule has 1 aromatic carbocycles. The Kier molecular flexibility index (Phi) is 3.48. The molecule has 19 heavy (non-hydrogen) atoms. The fraction of sp³-hybridized carbons (Fsp3) is 0.357. The van der Waals surface area contributed by atoms with E-state index in [2.05, 4.69) is 9.88 Å². The summed E-state index contributed by atoms with van der Waals surface area (Å²) in [5.41, 5.74) is 1.87. The molecule has 2 N–H and O–H groups in total. The second-order valence-corrected chi connectivity index (χ2v) is 5.90. The summed E-state index contributed by atoms with van der Waals surface area (Å²) in [4.78, 5) is 16.9. The van der Waals surface area contributed by atoms with Gasteiger partial charge in [0.25, 0.3) is 0 Å². The van der Waals surface area contributed by atoms with Gasteiger partial charge >= 0.3 is 5.97 Å². The number of rotatable bonds is 3. The fourth-order valence-corrected chi connectivity index (χ4v) is 3.57. The van der Waals surface area contributed by atoms with Crippen molar-refractivity contribution in [3.63, 3.8) is 0 Å². The van der Waals surface area contributed by atoms with Gasteiger partial charge in [-0.25, -0.2) is 0 Å². The van der Waals surface area contributed by atoms with Crippen LogP contribution in [0.2, 0.25) is 0 Å². The molecule has 0 amide bonds. The van der Waals surface area contributed by atoms with Crippen molar-refractivity contribution >= 4 is 28.6 Å². The molecular formula is C14H16N2O2S. The number of hydrogen-bond donors (Lipinski definition) is 2. The third-order valence-electron chi connectivity index (χ3n) is 3.56. The molecule has 1 aromatic heterocycles. The van der Waals surface area contributed by atoms with Crippen molar-refractivity contribution < 1.29 is 9.90 Å². The standard InChI is InChI=1S/C14H16N2O2S/c17-14(18)13(16-5-7-19-8-6-16)11-9-15-12-4-2-1-3-10(11)12/h1-4,9,13,15H,5-8H2,(H,17,18)/t13-/m0/s1. The third kappa shape index (κ3) is 2.35. The maximum atomic E-state index is 11.7. The number of H-pyrrole nitrogens is 1. The molecule has 1 aliphatic rings. The number of nitrogens with one attached hydrogen (secondary N) is 1. The van der Waals surface area contributed by atoms with E-state index in [1.165, 1.54) is 0 Å². The number of aromatic amines is 1. The van der Waals surface area contributed by atoms with Crippen molar-refractivity contribution in [2.24, 2.45) is 0 Å². The van der Waals surface area contributed by atoms with Crippen molar-refractivity contribution in [1.29, 1.82) is 0 Å². The molecule has 1 atom stereocenters. The van der Waals surface area contributed by atoms with Gasteiger partial charge in [0, 0.05) is 47.3 Å². The van der Waals surface area contributed by atoms with Crippen LogP contribution in [0.3, 0.4) is 0 Å². The lowest BCUT2D eigenvalue weighted by atomic mass is 10.0. The quantitative estimate of drug-likeness (QED) is 0.903. The molecule has 0 saturated carbocycles. The summed E-state index contributed by atoms with van der Waals surface area (Å²) in [7, 11) is 0. The van der Waals surface area contributed by atoms with Gasteiger partial charge in [0.05, 0.1) is 0 Å². The second-order valence-electron chi connectivity index (χ2n) is 4.68. The van der Waals surface area contributed by atoms with E-state index in [4.69, 9.17) is 0 Å². The number of aromatic nitrogens is 1. The molecule has 100 valence electrons. The molecule has 0 radical (unpaired) electrons. The minimum atomic E-state index is -0.767. The Balaban J connectivity index is 2.01. The summed E-state index contributed by atoms with van der Waals surface area (Å²) >= 11 is 1.89. The predicted octanol–water partition coefficient (Wildman–Crippen LogP) is 2.34. The second kappa shape index (κ2) is 5.27. The van der Waals surface area contributed by atoms with Crippen LogP contribution in [0, 0.1) is 0 Å². The van der Waals surface area contributed by atoms with Crippen molar-refractivity contribution in [2.75, 3.05) is 24.6 Å². The Hall–Kier alpha value is -1.46. The number of fused-ring (bicyclic) bond motifs is 1. The number of carboxylic acid groups (broad SMARTS) is 1. The third-order valence-corrected chi connectivity index (χ3v) is 4.50. The number of carboxylic acids is 1. The first-order valence-electron chi connectivity index (χ1n) is 6.38. The maximum absolute atomic E-state index is 11.7. The van der Waals surface area contributed by atoms with Crippen LogP contribution < -0.4 is 0 Å². The SMILES string of the molecule is O=C(O)[C@H](c1c[nH]c2ccccc12)N1CCSCC1. The molecule has 2 heterocycles. The van der Waals surface area contributed by atoms with E-state index in [-0.39, 0.29) is 0 Å². The monoisotopic (exact) mass is 276 g/mol. The largest absolute Gasteiger partial charge is 0.480 e. The fourth-order valence-electron chi connectivity index (χ4n) is 2.64. The molecule has 0 aliphatic carbocycles. The summed E-state index contributed by atoms with van der Waals surface area (Å²) in [5.74, 6) is 1.25. The topological polar surface area (TPSA) is 56.3 Å². The van der Waals surface area contributed by atoms with Crippen LogP contribution in [0.25, 0.3) is 10.9 Å². The van der Waals surface area contributed by atoms with E-state index in [1.54, 1.807) is 0 Å². The van der Waals surface area contributed by atoms with E-state index in [0.29, 0.717) is 0 Å². The van der Waals surface area contributed by atoms with Gasteiger partial charge in [-0.15, -0.1) is 0 Å². The Morgan fingerprint density at radius 2 is 2.05 bits per heavy atom. The highest BCUT2D eigenvalue weighted by Crippen LogP contribution is 2.30. The van der Waals surface area contributed by atoms with Crippen molar-refractivity contribution in [3.05, 3.63) is 36.0 Å². The van der Waals surface area contributed by atoms with Crippen LogP contribution in [-0.4, -0.2) is 45.6 Å². The number of aliphatic carboxylic acids is 1.